The number of carboxylic acid groups (broad SMARTS) is 1. The van der Waals surface area contributed by atoms with Gasteiger partial charge in [-0.2, -0.15) is 0 Å². The van der Waals surface area contributed by atoms with Gasteiger partial charge in [0.2, 0.25) is 0 Å². The summed E-state index contributed by atoms with van der Waals surface area (Å²) in [5.41, 5.74) is 1.75. The van der Waals surface area contributed by atoms with Crippen LogP contribution in [-0.4, -0.2) is 33.0 Å². The van der Waals surface area contributed by atoms with Crippen molar-refractivity contribution in [2.24, 2.45) is 0 Å². The van der Waals surface area contributed by atoms with E-state index in [-0.39, 0.29) is 18.4 Å². The standard InChI is InChI=1S/C16H17N3O3/c1-11(7-8-14(20)21)19-16(22)13-9-17-10-18-15(13)12-5-3-2-4-6-12/h2-6,9-11H,7-8H2,1H3,(H,19,22)(H,20,21). The van der Waals surface area contributed by atoms with Gasteiger partial charge in [-0.3, -0.25) is 9.59 Å². The van der Waals surface area contributed by atoms with Crippen molar-refractivity contribution in [1.29, 1.82) is 0 Å². The molecule has 0 aliphatic carbocycles. The summed E-state index contributed by atoms with van der Waals surface area (Å²) in [4.78, 5) is 31.0. The third-order valence-corrected chi connectivity index (χ3v) is 3.17. The lowest BCUT2D eigenvalue weighted by molar-refractivity contribution is -0.137. The van der Waals surface area contributed by atoms with Gasteiger partial charge in [-0.15, -0.1) is 0 Å². The van der Waals surface area contributed by atoms with E-state index in [1.54, 1.807) is 6.92 Å². The van der Waals surface area contributed by atoms with Gasteiger partial charge in [0.05, 0.1) is 11.3 Å². The van der Waals surface area contributed by atoms with Gasteiger partial charge < -0.3 is 10.4 Å². The summed E-state index contributed by atoms with van der Waals surface area (Å²) < 4.78 is 0. The van der Waals surface area contributed by atoms with E-state index in [9.17, 15) is 9.59 Å². The lowest BCUT2D eigenvalue weighted by atomic mass is 10.1. The number of aromatic nitrogens is 2. The van der Waals surface area contributed by atoms with Crippen LogP contribution in [0.4, 0.5) is 0 Å². The van der Waals surface area contributed by atoms with E-state index < -0.39 is 5.97 Å². The van der Waals surface area contributed by atoms with Crippen LogP contribution in [-0.2, 0) is 4.79 Å². The zero-order chi connectivity index (χ0) is 15.9. The SMILES string of the molecule is CC(CCC(=O)O)NC(=O)c1cncnc1-c1ccccc1. The average Bonchev–Trinajstić information content (AvgIpc) is 2.53. The molecule has 2 N–H and O–H groups in total. The molecule has 0 aliphatic heterocycles. The highest BCUT2D eigenvalue weighted by Gasteiger charge is 2.16. The van der Waals surface area contributed by atoms with Crippen LogP contribution in [0.2, 0.25) is 0 Å². The maximum absolute atomic E-state index is 12.4. The molecule has 1 heterocycles. The van der Waals surface area contributed by atoms with E-state index in [2.05, 4.69) is 15.3 Å². The van der Waals surface area contributed by atoms with Gasteiger partial charge in [0.1, 0.15) is 6.33 Å². The van der Waals surface area contributed by atoms with Crippen LogP contribution in [0.25, 0.3) is 11.3 Å². The van der Waals surface area contributed by atoms with Crippen LogP contribution in [0.15, 0.2) is 42.9 Å². The van der Waals surface area contributed by atoms with E-state index in [0.717, 1.165) is 5.56 Å². The minimum absolute atomic E-state index is 0.0122. The molecular formula is C16H17N3O3. The third kappa shape index (κ3) is 4.12. The first-order valence-corrected chi connectivity index (χ1v) is 6.96. The monoisotopic (exact) mass is 299 g/mol. The topological polar surface area (TPSA) is 92.2 Å². The molecule has 0 radical (unpaired) electrons. The van der Waals surface area contributed by atoms with E-state index in [1.807, 2.05) is 30.3 Å². The van der Waals surface area contributed by atoms with Crippen molar-refractivity contribution in [2.75, 3.05) is 0 Å². The Morgan fingerprint density at radius 3 is 2.68 bits per heavy atom. The smallest absolute Gasteiger partial charge is 0.303 e. The van der Waals surface area contributed by atoms with Crippen LogP contribution >= 0.6 is 0 Å². The summed E-state index contributed by atoms with van der Waals surface area (Å²) in [7, 11) is 0. The predicted octanol–water partition coefficient (Wildman–Crippen LogP) is 2.13. The summed E-state index contributed by atoms with van der Waals surface area (Å²) in [6.45, 7) is 1.77. The molecule has 22 heavy (non-hydrogen) atoms. The number of carbonyl (C=O) groups is 2. The zero-order valence-corrected chi connectivity index (χ0v) is 12.2. The number of nitrogens with zero attached hydrogens (tertiary/aromatic N) is 2. The molecule has 0 bridgehead atoms. The molecule has 6 nitrogen and oxygen atoms in total. The van der Waals surface area contributed by atoms with Crippen molar-refractivity contribution >= 4 is 11.9 Å². The van der Waals surface area contributed by atoms with Crippen molar-refractivity contribution in [3.63, 3.8) is 0 Å². The van der Waals surface area contributed by atoms with Gasteiger partial charge in [-0.05, 0) is 13.3 Å². The molecule has 114 valence electrons. The van der Waals surface area contributed by atoms with Gasteiger partial charge >= 0.3 is 5.97 Å². The van der Waals surface area contributed by atoms with Gasteiger partial charge in [0, 0.05) is 24.2 Å². The average molecular weight is 299 g/mol. The van der Waals surface area contributed by atoms with Gasteiger partial charge in [-0.25, -0.2) is 9.97 Å². The molecule has 1 aromatic heterocycles. The first-order chi connectivity index (χ1) is 10.6. The number of nitrogens with one attached hydrogen (secondary N) is 1. The Labute approximate surface area is 128 Å². The normalized spacial score (nSPS) is 11.7. The molecule has 0 spiro atoms. The fraction of sp³-hybridized carbons (Fsp3) is 0.250. The maximum Gasteiger partial charge on any atom is 0.303 e. The Bertz CT molecular complexity index is 659. The molecule has 0 fully saturated rings. The number of benzene rings is 1. The second-order valence-corrected chi connectivity index (χ2v) is 4.96. The summed E-state index contributed by atoms with van der Waals surface area (Å²) in [5, 5.41) is 11.5. The summed E-state index contributed by atoms with van der Waals surface area (Å²) >= 11 is 0. The molecule has 2 rings (SSSR count). The van der Waals surface area contributed by atoms with E-state index >= 15 is 0 Å². The molecule has 1 aromatic carbocycles. The second-order valence-electron chi connectivity index (χ2n) is 4.96. The summed E-state index contributed by atoms with van der Waals surface area (Å²) in [5.74, 6) is -1.19. The Morgan fingerprint density at radius 2 is 2.00 bits per heavy atom. The van der Waals surface area contributed by atoms with E-state index in [0.29, 0.717) is 17.7 Å². The largest absolute Gasteiger partial charge is 0.481 e. The Kier molecular flexibility index (Phi) is 5.19. The first kappa shape index (κ1) is 15.6. The molecule has 1 unspecified atom stereocenters. The lowest BCUT2D eigenvalue weighted by Gasteiger charge is -2.14. The van der Waals surface area contributed by atoms with E-state index in [4.69, 9.17) is 5.11 Å². The Balaban J connectivity index is 2.15. The van der Waals surface area contributed by atoms with Crippen molar-refractivity contribution in [1.82, 2.24) is 15.3 Å². The highest BCUT2D eigenvalue weighted by Crippen LogP contribution is 2.20. The Morgan fingerprint density at radius 1 is 1.27 bits per heavy atom. The van der Waals surface area contributed by atoms with Crippen molar-refractivity contribution in [3.05, 3.63) is 48.4 Å². The zero-order valence-electron chi connectivity index (χ0n) is 12.2. The van der Waals surface area contributed by atoms with Crippen LogP contribution in [0.3, 0.4) is 0 Å². The highest BCUT2D eigenvalue weighted by atomic mass is 16.4. The number of aliphatic carboxylic acids is 1. The molecule has 1 atom stereocenters. The van der Waals surface area contributed by atoms with Gasteiger partial charge in [0.25, 0.3) is 5.91 Å². The fourth-order valence-corrected chi connectivity index (χ4v) is 2.04. The first-order valence-electron chi connectivity index (χ1n) is 6.96. The van der Waals surface area contributed by atoms with Crippen LogP contribution in [0.5, 0.6) is 0 Å². The molecule has 0 aliphatic rings. The lowest BCUT2D eigenvalue weighted by Crippen LogP contribution is -2.33. The third-order valence-electron chi connectivity index (χ3n) is 3.17. The predicted molar refractivity (Wildman–Crippen MR) is 81.3 cm³/mol. The highest BCUT2D eigenvalue weighted by molar-refractivity contribution is 5.99. The second kappa shape index (κ2) is 7.31. The molecular weight excluding hydrogens is 282 g/mol. The summed E-state index contributed by atoms with van der Waals surface area (Å²) in [6, 6.07) is 9.12. The van der Waals surface area contributed by atoms with Crippen LogP contribution in [0, 0.1) is 0 Å². The quantitative estimate of drug-likeness (QED) is 0.852. The molecule has 6 heteroatoms. The number of hydrogen-bond acceptors (Lipinski definition) is 4. The number of carbonyl (C=O) groups excluding carboxylic acids is 1. The van der Waals surface area contributed by atoms with Crippen molar-refractivity contribution < 1.29 is 14.7 Å². The Hall–Kier alpha value is -2.76. The minimum atomic E-state index is -0.880. The van der Waals surface area contributed by atoms with Crippen LogP contribution in [0.1, 0.15) is 30.1 Å². The van der Waals surface area contributed by atoms with Crippen molar-refractivity contribution in [2.45, 2.75) is 25.8 Å². The maximum atomic E-state index is 12.4. The van der Waals surface area contributed by atoms with Gasteiger partial charge in [0.15, 0.2) is 0 Å². The molecule has 2 aromatic rings. The molecule has 1 amide bonds. The fourth-order valence-electron chi connectivity index (χ4n) is 2.04. The molecule has 0 saturated carbocycles. The van der Waals surface area contributed by atoms with Crippen molar-refractivity contribution in [3.8, 4) is 11.3 Å². The van der Waals surface area contributed by atoms with Gasteiger partial charge in [-0.1, -0.05) is 30.3 Å². The number of rotatable bonds is 6. The number of carboxylic acids is 1. The summed E-state index contributed by atoms with van der Waals surface area (Å²) in [6.07, 6.45) is 3.25. The number of amides is 1. The minimum Gasteiger partial charge on any atom is -0.481 e. The van der Waals surface area contributed by atoms with E-state index in [1.165, 1.54) is 12.5 Å². The number of hydrogen-bond donors (Lipinski definition) is 2. The van der Waals surface area contributed by atoms with Crippen LogP contribution < -0.4 is 5.32 Å². The molecule has 0 saturated heterocycles.